The van der Waals surface area contributed by atoms with Crippen LogP contribution in [-0.2, 0) is 0 Å². The molecule has 2 heteroatoms. The zero-order chi connectivity index (χ0) is 12.2. The van der Waals surface area contributed by atoms with E-state index in [4.69, 9.17) is 0 Å². The molecule has 96 valence electrons. The molecule has 0 aliphatic heterocycles. The van der Waals surface area contributed by atoms with Crippen LogP contribution in [0.25, 0.3) is 0 Å². The van der Waals surface area contributed by atoms with Gasteiger partial charge in [0.25, 0.3) is 0 Å². The maximum Gasteiger partial charge on any atom is 0.00772 e. The summed E-state index contributed by atoms with van der Waals surface area (Å²) in [6.07, 6.45) is 7.54. The summed E-state index contributed by atoms with van der Waals surface area (Å²) in [5.74, 6) is 1.28. The minimum atomic E-state index is 0.513. The van der Waals surface area contributed by atoms with Crippen LogP contribution in [0, 0.1) is 10.8 Å². The van der Waals surface area contributed by atoms with E-state index in [-0.39, 0.29) is 0 Å². The van der Waals surface area contributed by atoms with Gasteiger partial charge in [-0.25, -0.2) is 0 Å². The monoisotopic (exact) mass is 243 g/mol. The van der Waals surface area contributed by atoms with Gasteiger partial charge in [-0.05, 0) is 55.1 Å². The van der Waals surface area contributed by atoms with E-state index in [2.05, 4.69) is 39.3 Å². The first-order valence-corrected chi connectivity index (χ1v) is 7.96. The Bertz CT molecular complexity index is 195. The van der Waals surface area contributed by atoms with Crippen molar-refractivity contribution in [2.45, 2.75) is 59.4 Å². The van der Waals surface area contributed by atoms with Crippen LogP contribution in [0.3, 0.4) is 0 Å². The molecule has 0 heterocycles. The van der Waals surface area contributed by atoms with E-state index in [1.807, 2.05) is 11.8 Å². The Morgan fingerprint density at radius 3 is 2.19 bits per heavy atom. The fraction of sp³-hybridized carbons (Fsp3) is 1.00. The molecular weight excluding hydrogens is 214 g/mol. The molecule has 1 N–H and O–H groups in total. The van der Waals surface area contributed by atoms with Crippen molar-refractivity contribution in [1.29, 1.82) is 0 Å². The van der Waals surface area contributed by atoms with E-state index in [9.17, 15) is 0 Å². The predicted octanol–water partition coefficient (Wildman–Crippen LogP) is 3.93. The Hall–Kier alpha value is 0.310. The SMILES string of the molecule is CSCCCNC1CC(C)(C)CC(C)(C)C1. The van der Waals surface area contributed by atoms with E-state index in [1.165, 1.54) is 38.0 Å². The highest BCUT2D eigenvalue weighted by molar-refractivity contribution is 7.98. The van der Waals surface area contributed by atoms with Gasteiger partial charge in [-0.3, -0.25) is 0 Å². The fourth-order valence-electron chi connectivity index (χ4n) is 3.51. The van der Waals surface area contributed by atoms with Crippen molar-refractivity contribution in [3.63, 3.8) is 0 Å². The second kappa shape index (κ2) is 5.77. The molecule has 0 atom stereocenters. The number of rotatable bonds is 5. The minimum absolute atomic E-state index is 0.513. The summed E-state index contributed by atoms with van der Waals surface area (Å²) in [5.41, 5.74) is 1.03. The Kier molecular flexibility index (Phi) is 5.18. The second-order valence-electron chi connectivity index (χ2n) is 6.91. The van der Waals surface area contributed by atoms with Crippen LogP contribution < -0.4 is 5.32 Å². The molecule has 1 nitrogen and oxygen atoms in total. The molecule has 1 rings (SSSR count). The fourth-order valence-corrected chi connectivity index (χ4v) is 3.95. The molecule has 0 bridgehead atoms. The molecule has 0 radical (unpaired) electrons. The maximum atomic E-state index is 3.75. The molecule has 1 aliphatic rings. The first kappa shape index (κ1) is 14.4. The van der Waals surface area contributed by atoms with Crippen LogP contribution in [0.5, 0.6) is 0 Å². The lowest BCUT2D eigenvalue weighted by atomic mass is 9.63. The van der Waals surface area contributed by atoms with Gasteiger partial charge in [-0.15, -0.1) is 0 Å². The predicted molar refractivity (Wildman–Crippen MR) is 76.2 cm³/mol. The van der Waals surface area contributed by atoms with Gasteiger partial charge in [-0.2, -0.15) is 11.8 Å². The molecule has 1 fully saturated rings. The summed E-state index contributed by atoms with van der Waals surface area (Å²) in [6, 6.07) is 0.737. The Balaban J connectivity index is 2.36. The molecule has 1 saturated carbocycles. The minimum Gasteiger partial charge on any atom is -0.314 e. The van der Waals surface area contributed by atoms with E-state index in [1.54, 1.807) is 0 Å². The van der Waals surface area contributed by atoms with Gasteiger partial charge in [-0.1, -0.05) is 27.7 Å². The normalized spacial score (nSPS) is 24.6. The molecule has 0 amide bonds. The number of thioether (sulfide) groups is 1. The molecule has 16 heavy (non-hydrogen) atoms. The second-order valence-corrected chi connectivity index (χ2v) is 7.90. The third kappa shape index (κ3) is 5.09. The van der Waals surface area contributed by atoms with Crippen LogP contribution in [0.2, 0.25) is 0 Å². The van der Waals surface area contributed by atoms with Gasteiger partial charge >= 0.3 is 0 Å². The average Bonchev–Trinajstić information content (AvgIpc) is 2.07. The van der Waals surface area contributed by atoms with Crippen LogP contribution in [0.4, 0.5) is 0 Å². The summed E-state index contributed by atoms with van der Waals surface area (Å²) in [5, 5.41) is 3.75. The van der Waals surface area contributed by atoms with Crippen molar-refractivity contribution >= 4 is 11.8 Å². The van der Waals surface area contributed by atoms with Crippen molar-refractivity contribution in [3.05, 3.63) is 0 Å². The summed E-state index contributed by atoms with van der Waals surface area (Å²) < 4.78 is 0. The Morgan fingerprint density at radius 2 is 1.69 bits per heavy atom. The zero-order valence-electron chi connectivity index (χ0n) is 11.7. The van der Waals surface area contributed by atoms with Crippen molar-refractivity contribution in [2.75, 3.05) is 18.6 Å². The zero-order valence-corrected chi connectivity index (χ0v) is 12.5. The van der Waals surface area contributed by atoms with Crippen LogP contribution in [-0.4, -0.2) is 24.6 Å². The van der Waals surface area contributed by atoms with Crippen molar-refractivity contribution < 1.29 is 0 Å². The summed E-state index contributed by atoms with van der Waals surface area (Å²) in [6.45, 7) is 10.9. The summed E-state index contributed by atoms with van der Waals surface area (Å²) in [4.78, 5) is 0. The van der Waals surface area contributed by atoms with Gasteiger partial charge in [0.15, 0.2) is 0 Å². The number of hydrogen-bond acceptors (Lipinski definition) is 2. The molecule has 0 aromatic heterocycles. The van der Waals surface area contributed by atoms with E-state index in [0.29, 0.717) is 10.8 Å². The quantitative estimate of drug-likeness (QED) is 0.734. The first-order chi connectivity index (χ1) is 7.35. The van der Waals surface area contributed by atoms with Crippen molar-refractivity contribution in [3.8, 4) is 0 Å². The standard InChI is InChI=1S/C14H29NS/c1-13(2)9-12(10-14(3,4)11-13)15-7-6-8-16-5/h12,15H,6-11H2,1-5H3. The maximum absolute atomic E-state index is 3.75. The summed E-state index contributed by atoms with van der Waals surface area (Å²) in [7, 11) is 0. The highest BCUT2D eigenvalue weighted by Crippen LogP contribution is 2.45. The molecule has 0 aromatic carbocycles. The van der Waals surface area contributed by atoms with Crippen LogP contribution in [0.1, 0.15) is 53.4 Å². The number of hydrogen-bond donors (Lipinski definition) is 1. The Labute approximate surface area is 106 Å². The molecule has 1 aliphatic carbocycles. The van der Waals surface area contributed by atoms with E-state index in [0.717, 1.165) is 6.04 Å². The van der Waals surface area contributed by atoms with Gasteiger partial charge in [0.2, 0.25) is 0 Å². The van der Waals surface area contributed by atoms with Gasteiger partial charge in [0, 0.05) is 6.04 Å². The lowest BCUT2D eigenvalue weighted by Crippen LogP contribution is -2.44. The van der Waals surface area contributed by atoms with Gasteiger partial charge in [0.1, 0.15) is 0 Å². The van der Waals surface area contributed by atoms with Crippen LogP contribution >= 0.6 is 11.8 Å². The molecule has 0 aromatic rings. The molecule has 0 saturated heterocycles. The topological polar surface area (TPSA) is 12.0 Å². The van der Waals surface area contributed by atoms with E-state index >= 15 is 0 Å². The van der Waals surface area contributed by atoms with Crippen molar-refractivity contribution in [1.82, 2.24) is 5.32 Å². The smallest absolute Gasteiger partial charge is 0.00772 e. The first-order valence-electron chi connectivity index (χ1n) is 6.57. The highest BCUT2D eigenvalue weighted by Gasteiger charge is 2.37. The molecule has 0 unspecified atom stereocenters. The lowest BCUT2D eigenvalue weighted by molar-refractivity contribution is 0.0853. The van der Waals surface area contributed by atoms with Crippen LogP contribution in [0.15, 0.2) is 0 Å². The lowest BCUT2D eigenvalue weighted by Gasteiger charge is -2.45. The third-order valence-corrected chi connectivity index (χ3v) is 4.21. The van der Waals surface area contributed by atoms with E-state index < -0.39 is 0 Å². The Morgan fingerprint density at radius 1 is 1.12 bits per heavy atom. The average molecular weight is 243 g/mol. The molecular formula is C14H29NS. The largest absolute Gasteiger partial charge is 0.314 e. The highest BCUT2D eigenvalue weighted by atomic mass is 32.2. The summed E-state index contributed by atoms with van der Waals surface area (Å²) >= 11 is 1.95. The van der Waals surface area contributed by atoms with Gasteiger partial charge < -0.3 is 5.32 Å². The third-order valence-electron chi connectivity index (χ3n) is 3.51. The number of nitrogens with one attached hydrogen (secondary N) is 1. The van der Waals surface area contributed by atoms with Crippen molar-refractivity contribution in [2.24, 2.45) is 10.8 Å². The molecule has 0 spiro atoms. The van der Waals surface area contributed by atoms with Gasteiger partial charge in [0.05, 0.1) is 0 Å².